The van der Waals surface area contributed by atoms with E-state index >= 15 is 0 Å². The molecule has 0 fully saturated rings. The molecule has 0 unspecified atom stereocenters. The maximum atomic E-state index is 6.10. The Morgan fingerprint density at radius 3 is 2.83 bits per heavy atom. The van der Waals surface area contributed by atoms with Crippen molar-refractivity contribution in [3.8, 4) is 0 Å². The molecule has 2 N–H and O–H groups in total. The van der Waals surface area contributed by atoms with Crippen LogP contribution in [0.25, 0.3) is 0 Å². The minimum atomic E-state index is 0.411. The molecule has 0 aliphatic rings. The van der Waals surface area contributed by atoms with E-state index in [0.717, 1.165) is 27.5 Å². The van der Waals surface area contributed by atoms with Crippen molar-refractivity contribution >= 4 is 40.7 Å². The lowest BCUT2D eigenvalue weighted by Crippen LogP contribution is -1.92. The van der Waals surface area contributed by atoms with E-state index in [2.05, 4.69) is 4.98 Å². The Balaban J connectivity index is 2.14. The Hall–Kier alpha value is -0.900. The zero-order valence-electron chi connectivity index (χ0n) is 9.78. The van der Waals surface area contributed by atoms with Gasteiger partial charge in [-0.1, -0.05) is 29.3 Å². The Morgan fingerprint density at radius 2 is 2.11 bits per heavy atom. The molecule has 2 aromatic rings. The normalized spacial score (nSPS) is 10.6. The number of nitrogens with two attached hydrogens (primary N) is 1. The predicted molar refractivity (Wildman–Crippen MR) is 79.4 cm³/mol. The predicted octanol–water partition coefficient (Wildman–Crippen LogP) is 4.57. The molecule has 94 valence electrons. The first-order valence-electron chi connectivity index (χ1n) is 5.35. The van der Waals surface area contributed by atoms with Gasteiger partial charge in [-0.3, -0.25) is 0 Å². The van der Waals surface area contributed by atoms with E-state index in [4.69, 9.17) is 28.9 Å². The Kier molecular flexibility index (Phi) is 4.38. The van der Waals surface area contributed by atoms with Crippen molar-refractivity contribution in [1.29, 1.82) is 0 Å². The molecule has 0 aliphatic heterocycles. The first-order valence-corrected chi connectivity index (χ1v) is 7.10. The third kappa shape index (κ3) is 3.10. The van der Waals surface area contributed by atoms with Gasteiger partial charge in [-0.05, 0) is 36.2 Å². The van der Waals surface area contributed by atoms with Crippen LogP contribution >= 0.6 is 35.0 Å². The molecule has 2 rings (SSSR count). The summed E-state index contributed by atoms with van der Waals surface area (Å²) >= 11 is 13.6. The molecule has 0 atom stereocenters. The number of hydrogen-bond donors (Lipinski definition) is 1. The maximum absolute atomic E-state index is 6.10. The van der Waals surface area contributed by atoms with Gasteiger partial charge >= 0.3 is 0 Å². The van der Waals surface area contributed by atoms with Crippen LogP contribution in [0.3, 0.4) is 0 Å². The van der Waals surface area contributed by atoms with Gasteiger partial charge in [0.25, 0.3) is 0 Å². The van der Waals surface area contributed by atoms with Crippen molar-refractivity contribution in [3.05, 3.63) is 51.8 Å². The van der Waals surface area contributed by atoms with Gasteiger partial charge < -0.3 is 5.73 Å². The third-order valence-electron chi connectivity index (χ3n) is 2.61. The van der Waals surface area contributed by atoms with E-state index in [1.165, 1.54) is 0 Å². The summed E-state index contributed by atoms with van der Waals surface area (Å²) in [6.45, 7) is 2.01. The molecular formula is C13H12Cl2N2S. The van der Waals surface area contributed by atoms with Crippen LogP contribution in [0.15, 0.2) is 35.4 Å². The minimum Gasteiger partial charge on any atom is -0.398 e. The number of aromatic nitrogens is 1. The second-order valence-corrected chi connectivity index (χ2v) is 5.67. The van der Waals surface area contributed by atoms with Gasteiger partial charge in [0.05, 0.1) is 0 Å². The van der Waals surface area contributed by atoms with E-state index in [-0.39, 0.29) is 0 Å². The summed E-state index contributed by atoms with van der Waals surface area (Å²) < 4.78 is 0. The van der Waals surface area contributed by atoms with E-state index < -0.39 is 0 Å². The number of thioether (sulfide) groups is 1. The average molecular weight is 299 g/mol. The Bertz CT molecular complexity index is 573. The number of anilines is 1. The first kappa shape index (κ1) is 13.5. The SMILES string of the molecule is Cc1c(N)cccc1SCc1cnc(Cl)cc1Cl. The fourth-order valence-electron chi connectivity index (χ4n) is 1.49. The van der Waals surface area contributed by atoms with Crippen LogP contribution in [-0.4, -0.2) is 4.98 Å². The molecule has 0 saturated heterocycles. The first-order chi connectivity index (χ1) is 8.58. The monoisotopic (exact) mass is 298 g/mol. The molecule has 1 aromatic heterocycles. The van der Waals surface area contributed by atoms with Crippen molar-refractivity contribution in [1.82, 2.24) is 4.98 Å². The number of pyridine rings is 1. The number of hydrogen-bond acceptors (Lipinski definition) is 3. The number of benzene rings is 1. The van der Waals surface area contributed by atoms with Crippen molar-refractivity contribution in [2.45, 2.75) is 17.6 Å². The summed E-state index contributed by atoms with van der Waals surface area (Å²) in [6.07, 6.45) is 1.71. The van der Waals surface area contributed by atoms with E-state index in [9.17, 15) is 0 Å². The Morgan fingerprint density at radius 1 is 1.33 bits per heavy atom. The summed E-state index contributed by atoms with van der Waals surface area (Å²) in [7, 11) is 0. The molecular weight excluding hydrogens is 287 g/mol. The van der Waals surface area contributed by atoms with Gasteiger partial charge in [0.15, 0.2) is 0 Å². The molecule has 2 nitrogen and oxygen atoms in total. The fraction of sp³-hybridized carbons (Fsp3) is 0.154. The molecule has 0 radical (unpaired) electrons. The lowest BCUT2D eigenvalue weighted by atomic mass is 10.2. The second-order valence-electron chi connectivity index (χ2n) is 3.86. The van der Waals surface area contributed by atoms with Gasteiger partial charge in [0.1, 0.15) is 5.15 Å². The molecule has 18 heavy (non-hydrogen) atoms. The molecule has 1 heterocycles. The van der Waals surface area contributed by atoms with Gasteiger partial charge in [0.2, 0.25) is 0 Å². The molecule has 0 amide bonds. The van der Waals surface area contributed by atoms with Crippen molar-refractivity contribution in [2.75, 3.05) is 5.73 Å². The fourth-order valence-corrected chi connectivity index (χ4v) is 3.05. The smallest absolute Gasteiger partial charge is 0.130 e. The molecule has 0 spiro atoms. The molecule has 5 heteroatoms. The summed E-state index contributed by atoms with van der Waals surface area (Å²) in [5.41, 5.74) is 8.74. The van der Waals surface area contributed by atoms with Crippen LogP contribution in [-0.2, 0) is 5.75 Å². The van der Waals surface area contributed by atoms with E-state index in [1.807, 2.05) is 25.1 Å². The van der Waals surface area contributed by atoms with Crippen LogP contribution < -0.4 is 5.73 Å². The molecule has 0 aliphatic carbocycles. The topological polar surface area (TPSA) is 38.9 Å². The highest BCUT2D eigenvalue weighted by atomic mass is 35.5. The lowest BCUT2D eigenvalue weighted by Gasteiger charge is -2.08. The zero-order chi connectivity index (χ0) is 13.1. The van der Waals surface area contributed by atoms with Crippen LogP contribution in [0.5, 0.6) is 0 Å². The molecule has 0 bridgehead atoms. The number of nitrogen functional groups attached to an aromatic ring is 1. The average Bonchev–Trinajstić information content (AvgIpc) is 2.33. The summed E-state index contributed by atoms with van der Waals surface area (Å²) in [5.74, 6) is 0.743. The zero-order valence-corrected chi connectivity index (χ0v) is 12.1. The highest BCUT2D eigenvalue weighted by Gasteiger charge is 2.06. The lowest BCUT2D eigenvalue weighted by molar-refractivity contribution is 1.24. The third-order valence-corrected chi connectivity index (χ3v) is 4.37. The summed E-state index contributed by atoms with van der Waals surface area (Å²) in [5, 5.41) is 1.05. The van der Waals surface area contributed by atoms with Crippen LogP contribution in [0, 0.1) is 6.92 Å². The maximum Gasteiger partial charge on any atom is 0.130 e. The van der Waals surface area contributed by atoms with Crippen LogP contribution in [0.2, 0.25) is 10.2 Å². The highest BCUT2D eigenvalue weighted by Crippen LogP contribution is 2.31. The Labute approximate surface area is 121 Å². The van der Waals surface area contributed by atoms with E-state index in [1.54, 1.807) is 24.0 Å². The van der Waals surface area contributed by atoms with Crippen LogP contribution in [0.4, 0.5) is 5.69 Å². The highest BCUT2D eigenvalue weighted by molar-refractivity contribution is 7.98. The molecule has 1 aromatic carbocycles. The summed E-state index contributed by atoms with van der Waals surface area (Å²) in [6, 6.07) is 7.56. The standard InChI is InChI=1S/C13H12Cl2N2S/c1-8-11(16)3-2-4-12(8)18-7-9-6-17-13(15)5-10(9)14/h2-6H,7,16H2,1H3. The molecule has 0 saturated carbocycles. The second kappa shape index (κ2) is 5.83. The van der Waals surface area contributed by atoms with Gasteiger partial charge in [-0.15, -0.1) is 11.8 Å². The largest absolute Gasteiger partial charge is 0.398 e. The van der Waals surface area contributed by atoms with E-state index in [0.29, 0.717) is 10.2 Å². The summed E-state index contributed by atoms with van der Waals surface area (Å²) in [4.78, 5) is 5.19. The van der Waals surface area contributed by atoms with Gasteiger partial charge in [-0.25, -0.2) is 4.98 Å². The van der Waals surface area contributed by atoms with Crippen molar-refractivity contribution in [2.24, 2.45) is 0 Å². The van der Waals surface area contributed by atoms with Crippen LogP contribution in [0.1, 0.15) is 11.1 Å². The number of rotatable bonds is 3. The minimum absolute atomic E-state index is 0.411. The quantitative estimate of drug-likeness (QED) is 0.512. The van der Waals surface area contributed by atoms with Gasteiger partial charge in [-0.2, -0.15) is 0 Å². The number of nitrogens with zero attached hydrogens (tertiary/aromatic N) is 1. The van der Waals surface area contributed by atoms with Crippen molar-refractivity contribution in [3.63, 3.8) is 0 Å². The van der Waals surface area contributed by atoms with Gasteiger partial charge in [0, 0.05) is 27.6 Å². The van der Waals surface area contributed by atoms with Crippen molar-refractivity contribution < 1.29 is 0 Å². The number of halogens is 2.